The standard InChI is InChI=1S/C27H24N2O4/c1-16-11-21(17(2)28-23-10-6-5-9-20(23)27(31)32)26-22(12-16)24(30)13-25(33-26)29-14-18-7-3-4-8-19(18)15-29/h3-13,17,28H,14-15H2,1-2H3,(H,31,32)/t17-/m0/s1. The molecule has 0 unspecified atom stereocenters. The summed E-state index contributed by atoms with van der Waals surface area (Å²) < 4.78 is 6.35. The van der Waals surface area contributed by atoms with Gasteiger partial charge < -0.3 is 19.7 Å². The number of carbonyl (C=O) groups is 1. The SMILES string of the molecule is Cc1cc([C@H](C)Nc2ccccc2C(=O)O)c2oc(N3Cc4ccccc4C3)cc(=O)c2c1. The summed E-state index contributed by atoms with van der Waals surface area (Å²) in [6.45, 7) is 5.24. The van der Waals surface area contributed by atoms with Gasteiger partial charge in [-0.3, -0.25) is 4.79 Å². The van der Waals surface area contributed by atoms with Crippen LogP contribution in [0.5, 0.6) is 0 Å². The van der Waals surface area contributed by atoms with Gasteiger partial charge >= 0.3 is 5.97 Å². The van der Waals surface area contributed by atoms with Gasteiger partial charge in [0, 0.05) is 30.4 Å². The van der Waals surface area contributed by atoms with Crippen LogP contribution in [-0.2, 0) is 13.1 Å². The van der Waals surface area contributed by atoms with E-state index in [2.05, 4.69) is 22.3 Å². The van der Waals surface area contributed by atoms with E-state index in [0.29, 0.717) is 35.6 Å². The minimum Gasteiger partial charge on any atom is -0.478 e. The smallest absolute Gasteiger partial charge is 0.337 e. The minimum atomic E-state index is -0.998. The molecule has 0 saturated carbocycles. The molecule has 0 saturated heterocycles. The van der Waals surface area contributed by atoms with Crippen LogP contribution in [0.2, 0.25) is 0 Å². The van der Waals surface area contributed by atoms with Gasteiger partial charge in [-0.05, 0) is 48.7 Å². The molecule has 33 heavy (non-hydrogen) atoms. The number of para-hydroxylation sites is 1. The van der Waals surface area contributed by atoms with Crippen molar-refractivity contribution in [1.82, 2.24) is 0 Å². The lowest BCUT2D eigenvalue weighted by Gasteiger charge is -2.21. The fourth-order valence-electron chi connectivity index (χ4n) is 4.50. The molecule has 2 N–H and O–H groups in total. The molecule has 3 aromatic carbocycles. The van der Waals surface area contributed by atoms with Crippen molar-refractivity contribution in [2.24, 2.45) is 0 Å². The third kappa shape index (κ3) is 3.84. The second-order valence-electron chi connectivity index (χ2n) is 8.52. The summed E-state index contributed by atoms with van der Waals surface area (Å²) in [4.78, 5) is 26.8. The summed E-state index contributed by atoms with van der Waals surface area (Å²) in [5.74, 6) is -0.464. The zero-order chi connectivity index (χ0) is 23.1. The Kier molecular flexibility index (Phi) is 5.13. The van der Waals surface area contributed by atoms with Crippen LogP contribution in [0.25, 0.3) is 11.0 Å². The van der Waals surface area contributed by atoms with Gasteiger partial charge in [0.1, 0.15) is 5.58 Å². The van der Waals surface area contributed by atoms with Gasteiger partial charge in [0.2, 0.25) is 5.88 Å². The second kappa shape index (κ2) is 8.13. The third-order valence-corrected chi connectivity index (χ3v) is 6.14. The highest BCUT2D eigenvalue weighted by molar-refractivity contribution is 5.94. The van der Waals surface area contributed by atoms with E-state index < -0.39 is 5.97 Å². The lowest BCUT2D eigenvalue weighted by atomic mass is 10.0. The van der Waals surface area contributed by atoms with Gasteiger partial charge in [0.25, 0.3) is 0 Å². The van der Waals surface area contributed by atoms with Crippen LogP contribution in [0.15, 0.2) is 75.9 Å². The molecule has 2 heterocycles. The van der Waals surface area contributed by atoms with E-state index >= 15 is 0 Å². The van der Waals surface area contributed by atoms with Crippen molar-refractivity contribution >= 4 is 28.5 Å². The lowest BCUT2D eigenvalue weighted by Crippen LogP contribution is -2.17. The van der Waals surface area contributed by atoms with Crippen molar-refractivity contribution in [3.63, 3.8) is 0 Å². The number of carboxylic acids is 1. The van der Waals surface area contributed by atoms with Crippen LogP contribution in [0.3, 0.4) is 0 Å². The molecule has 1 atom stereocenters. The Morgan fingerprint density at radius 2 is 1.70 bits per heavy atom. The van der Waals surface area contributed by atoms with Gasteiger partial charge in [0.05, 0.1) is 17.0 Å². The normalized spacial score (nSPS) is 13.7. The molecular weight excluding hydrogens is 416 g/mol. The van der Waals surface area contributed by atoms with Crippen LogP contribution < -0.4 is 15.6 Å². The molecule has 6 heteroatoms. The molecule has 4 aromatic rings. The summed E-state index contributed by atoms with van der Waals surface area (Å²) in [7, 11) is 0. The number of aromatic carboxylic acids is 1. The molecule has 0 bridgehead atoms. The fraction of sp³-hybridized carbons (Fsp3) is 0.185. The number of aryl methyl sites for hydroxylation is 1. The topological polar surface area (TPSA) is 82.8 Å². The molecule has 0 fully saturated rings. The van der Waals surface area contributed by atoms with Gasteiger partial charge in [-0.15, -0.1) is 0 Å². The Morgan fingerprint density at radius 3 is 2.39 bits per heavy atom. The molecule has 5 rings (SSSR count). The Balaban J connectivity index is 1.57. The Morgan fingerprint density at radius 1 is 1.03 bits per heavy atom. The Hall–Kier alpha value is -4.06. The molecule has 0 aliphatic carbocycles. The van der Waals surface area contributed by atoms with E-state index in [9.17, 15) is 14.7 Å². The summed E-state index contributed by atoms with van der Waals surface area (Å²) in [5.41, 5.74) is 5.33. The lowest BCUT2D eigenvalue weighted by molar-refractivity contribution is 0.0698. The van der Waals surface area contributed by atoms with Crippen molar-refractivity contribution in [3.8, 4) is 0 Å². The molecule has 6 nitrogen and oxygen atoms in total. The van der Waals surface area contributed by atoms with Gasteiger partial charge in [0.15, 0.2) is 5.43 Å². The number of nitrogens with zero attached hydrogens (tertiary/aromatic N) is 1. The van der Waals surface area contributed by atoms with Crippen molar-refractivity contribution in [2.75, 3.05) is 10.2 Å². The highest BCUT2D eigenvalue weighted by Crippen LogP contribution is 2.33. The first-order valence-electron chi connectivity index (χ1n) is 10.9. The zero-order valence-electron chi connectivity index (χ0n) is 18.5. The van der Waals surface area contributed by atoms with Crippen LogP contribution in [0, 0.1) is 6.92 Å². The van der Waals surface area contributed by atoms with Gasteiger partial charge in [-0.2, -0.15) is 0 Å². The largest absolute Gasteiger partial charge is 0.478 e. The average Bonchev–Trinajstić information content (AvgIpc) is 3.23. The summed E-state index contributed by atoms with van der Waals surface area (Å²) in [6.07, 6.45) is 0. The molecule has 0 amide bonds. The first-order valence-corrected chi connectivity index (χ1v) is 10.9. The van der Waals surface area contributed by atoms with Gasteiger partial charge in [-0.25, -0.2) is 4.79 Å². The Labute approximate surface area is 191 Å². The number of hydrogen-bond donors (Lipinski definition) is 2. The summed E-state index contributed by atoms with van der Waals surface area (Å²) in [6, 6.07) is 20.1. The van der Waals surface area contributed by atoms with Crippen molar-refractivity contribution in [1.29, 1.82) is 0 Å². The maximum atomic E-state index is 13.1. The summed E-state index contributed by atoms with van der Waals surface area (Å²) >= 11 is 0. The van der Waals surface area contributed by atoms with Crippen molar-refractivity contribution in [2.45, 2.75) is 33.0 Å². The highest BCUT2D eigenvalue weighted by Gasteiger charge is 2.23. The maximum absolute atomic E-state index is 13.1. The molecular formula is C27H24N2O4. The quantitative estimate of drug-likeness (QED) is 0.427. The molecule has 0 spiro atoms. The molecule has 166 valence electrons. The van der Waals surface area contributed by atoms with E-state index in [-0.39, 0.29) is 17.0 Å². The van der Waals surface area contributed by atoms with Crippen LogP contribution in [0.4, 0.5) is 11.6 Å². The molecule has 1 aliphatic rings. The third-order valence-electron chi connectivity index (χ3n) is 6.14. The number of rotatable bonds is 5. The van der Waals surface area contributed by atoms with Gasteiger partial charge in [-0.1, -0.05) is 42.5 Å². The average molecular weight is 440 g/mol. The van der Waals surface area contributed by atoms with E-state index in [4.69, 9.17) is 4.42 Å². The van der Waals surface area contributed by atoms with Crippen LogP contribution in [0.1, 0.15) is 45.6 Å². The molecule has 1 aromatic heterocycles. The highest BCUT2D eigenvalue weighted by atomic mass is 16.4. The Bertz CT molecular complexity index is 1420. The number of anilines is 2. The number of hydrogen-bond acceptors (Lipinski definition) is 5. The number of fused-ring (bicyclic) bond motifs is 2. The number of nitrogens with one attached hydrogen (secondary N) is 1. The molecule has 0 radical (unpaired) electrons. The monoisotopic (exact) mass is 440 g/mol. The predicted octanol–water partition coefficient (Wildman–Crippen LogP) is 5.49. The van der Waals surface area contributed by atoms with Crippen molar-refractivity contribution in [3.05, 3.63) is 105 Å². The van der Waals surface area contributed by atoms with Crippen LogP contribution in [-0.4, -0.2) is 11.1 Å². The van der Waals surface area contributed by atoms with E-state index in [1.807, 2.05) is 38.1 Å². The summed E-state index contributed by atoms with van der Waals surface area (Å²) in [5, 5.41) is 13.3. The number of carboxylic acid groups (broad SMARTS) is 1. The van der Waals surface area contributed by atoms with Crippen molar-refractivity contribution < 1.29 is 14.3 Å². The minimum absolute atomic E-state index is 0.0923. The second-order valence-corrected chi connectivity index (χ2v) is 8.52. The van der Waals surface area contributed by atoms with E-state index in [1.54, 1.807) is 30.3 Å². The number of benzene rings is 3. The first kappa shape index (κ1) is 20.8. The molecule has 1 aliphatic heterocycles. The van der Waals surface area contributed by atoms with E-state index in [0.717, 1.165) is 11.1 Å². The van der Waals surface area contributed by atoms with E-state index in [1.165, 1.54) is 11.1 Å². The van der Waals surface area contributed by atoms with Crippen LogP contribution >= 0.6 is 0 Å². The first-order chi connectivity index (χ1) is 15.9. The zero-order valence-corrected chi connectivity index (χ0v) is 18.5. The maximum Gasteiger partial charge on any atom is 0.337 e. The predicted molar refractivity (Wildman–Crippen MR) is 129 cm³/mol. The fourth-order valence-corrected chi connectivity index (χ4v) is 4.50.